The van der Waals surface area contributed by atoms with Gasteiger partial charge in [0.05, 0.1) is 0 Å². The molecule has 1 spiro atoms. The van der Waals surface area contributed by atoms with Crippen molar-refractivity contribution in [3.05, 3.63) is 0 Å². The number of hydrogen-bond donors (Lipinski definition) is 0. The summed E-state index contributed by atoms with van der Waals surface area (Å²) in [6.07, 6.45) is 6.05. The molecule has 0 atom stereocenters. The molecule has 0 bridgehead atoms. The molecule has 1 aliphatic carbocycles. The molecule has 1 saturated heterocycles. The quantitative estimate of drug-likeness (QED) is 0.663. The van der Waals surface area contributed by atoms with Gasteiger partial charge in [0.15, 0.2) is 0 Å². The van der Waals surface area contributed by atoms with Gasteiger partial charge in [-0.15, -0.1) is 0 Å². The molecule has 1 heteroatoms. The van der Waals surface area contributed by atoms with Crippen LogP contribution in [0.4, 0.5) is 0 Å². The maximum Gasteiger partial charge on any atom is -0.00622 e. The highest BCUT2D eigenvalue weighted by Gasteiger charge is 2.56. The SMILES string of the molecule is CC(C)C1(C(C)C)CC2(CCSCC2)C1. The zero-order valence-corrected chi connectivity index (χ0v) is 11.6. The van der Waals surface area contributed by atoms with Crippen molar-refractivity contribution in [1.29, 1.82) is 0 Å². The summed E-state index contributed by atoms with van der Waals surface area (Å²) in [5.74, 6) is 4.59. The van der Waals surface area contributed by atoms with Crippen LogP contribution >= 0.6 is 11.8 Å². The molecule has 0 radical (unpaired) electrons. The van der Waals surface area contributed by atoms with Crippen LogP contribution in [0.5, 0.6) is 0 Å². The van der Waals surface area contributed by atoms with Crippen molar-refractivity contribution >= 4 is 11.8 Å². The molecule has 0 aromatic carbocycles. The van der Waals surface area contributed by atoms with E-state index in [2.05, 4.69) is 39.5 Å². The van der Waals surface area contributed by atoms with Gasteiger partial charge < -0.3 is 0 Å². The van der Waals surface area contributed by atoms with Crippen LogP contribution in [0.15, 0.2) is 0 Å². The predicted octanol–water partition coefficient (Wildman–Crippen LogP) is 4.59. The van der Waals surface area contributed by atoms with Crippen molar-refractivity contribution in [1.82, 2.24) is 0 Å². The van der Waals surface area contributed by atoms with Gasteiger partial charge >= 0.3 is 0 Å². The van der Waals surface area contributed by atoms with E-state index in [4.69, 9.17) is 0 Å². The molecule has 0 amide bonds. The van der Waals surface area contributed by atoms with Crippen LogP contribution in [0, 0.1) is 22.7 Å². The van der Waals surface area contributed by atoms with E-state index in [1.54, 1.807) is 0 Å². The van der Waals surface area contributed by atoms with Gasteiger partial charge in [-0.1, -0.05) is 27.7 Å². The Kier molecular flexibility index (Phi) is 3.14. The summed E-state index contributed by atoms with van der Waals surface area (Å²) < 4.78 is 0. The first-order valence-electron chi connectivity index (χ1n) is 6.59. The first-order chi connectivity index (χ1) is 7.01. The van der Waals surface area contributed by atoms with Gasteiger partial charge in [0.1, 0.15) is 0 Å². The van der Waals surface area contributed by atoms with Crippen molar-refractivity contribution in [3.63, 3.8) is 0 Å². The third-order valence-electron chi connectivity index (χ3n) is 5.26. The van der Waals surface area contributed by atoms with E-state index in [9.17, 15) is 0 Å². The Morgan fingerprint density at radius 1 is 0.867 bits per heavy atom. The third-order valence-corrected chi connectivity index (χ3v) is 6.25. The topological polar surface area (TPSA) is 0 Å². The molecule has 2 fully saturated rings. The Labute approximate surface area is 99.6 Å². The normalized spacial score (nSPS) is 28.4. The minimum atomic E-state index is 0.683. The van der Waals surface area contributed by atoms with E-state index in [0.717, 1.165) is 17.3 Å². The van der Waals surface area contributed by atoms with Gasteiger partial charge in [0, 0.05) is 0 Å². The first kappa shape index (κ1) is 11.8. The van der Waals surface area contributed by atoms with Crippen LogP contribution < -0.4 is 0 Å². The number of thioether (sulfide) groups is 1. The molecule has 2 rings (SSSR count). The van der Waals surface area contributed by atoms with Gasteiger partial charge in [-0.05, 0) is 59.9 Å². The Morgan fingerprint density at radius 3 is 1.73 bits per heavy atom. The predicted molar refractivity (Wildman–Crippen MR) is 70.3 cm³/mol. The molecule has 1 saturated carbocycles. The highest BCUT2D eigenvalue weighted by molar-refractivity contribution is 7.99. The molecule has 1 heterocycles. The first-order valence-corrected chi connectivity index (χ1v) is 7.74. The van der Waals surface area contributed by atoms with Gasteiger partial charge in [-0.2, -0.15) is 11.8 Å². The smallest absolute Gasteiger partial charge is 0.00622 e. The lowest BCUT2D eigenvalue weighted by atomic mass is 9.44. The van der Waals surface area contributed by atoms with E-state index in [1.807, 2.05) is 0 Å². The molecule has 0 N–H and O–H groups in total. The standard InChI is InChI=1S/C14H26S/c1-11(2)14(12(3)4)9-13(10-14)5-7-15-8-6-13/h11-12H,5-10H2,1-4H3. The van der Waals surface area contributed by atoms with Crippen LogP contribution in [0.1, 0.15) is 53.4 Å². The van der Waals surface area contributed by atoms with Crippen LogP contribution in [0.2, 0.25) is 0 Å². The average molecular weight is 226 g/mol. The maximum atomic E-state index is 2.43. The minimum absolute atomic E-state index is 0.683. The average Bonchev–Trinajstić information content (AvgIpc) is 2.14. The monoisotopic (exact) mass is 226 g/mol. The second kappa shape index (κ2) is 3.98. The molecule has 0 unspecified atom stereocenters. The fourth-order valence-corrected chi connectivity index (χ4v) is 5.34. The molecule has 2 aliphatic rings. The fourth-order valence-electron chi connectivity index (χ4n) is 3.99. The second-order valence-electron chi connectivity index (χ2n) is 6.51. The number of hydrogen-bond acceptors (Lipinski definition) is 1. The largest absolute Gasteiger partial charge is 0.162 e. The molecular formula is C14H26S. The Morgan fingerprint density at radius 2 is 1.33 bits per heavy atom. The summed E-state index contributed by atoms with van der Waals surface area (Å²) in [7, 11) is 0. The van der Waals surface area contributed by atoms with Crippen LogP contribution in [-0.4, -0.2) is 11.5 Å². The van der Waals surface area contributed by atoms with Crippen molar-refractivity contribution in [2.45, 2.75) is 53.4 Å². The zero-order valence-electron chi connectivity index (χ0n) is 10.8. The molecule has 88 valence electrons. The van der Waals surface area contributed by atoms with Crippen molar-refractivity contribution < 1.29 is 0 Å². The van der Waals surface area contributed by atoms with Gasteiger partial charge in [-0.25, -0.2) is 0 Å². The summed E-state index contributed by atoms with van der Waals surface area (Å²) in [6, 6.07) is 0. The van der Waals surface area contributed by atoms with E-state index in [-0.39, 0.29) is 0 Å². The number of rotatable bonds is 2. The molecule has 1 aliphatic heterocycles. The van der Waals surface area contributed by atoms with Gasteiger partial charge in [0.25, 0.3) is 0 Å². The van der Waals surface area contributed by atoms with Crippen molar-refractivity contribution in [3.8, 4) is 0 Å². The third kappa shape index (κ3) is 1.85. The lowest BCUT2D eigenvalue weighted by molar-refractivity contribution is -0.112. The summed E-state index contributed by atoms with van der Waals surface area (Å²) in [5.41, 5.74) is 1.46. The minimum Gasteiger partial charge on any atom is -0.162 e. The summed E-state index contributed by atoms with van der Waals surface area (Å²) in [6.45, 7) is 9.74. The van der Waals surface area contributed by atoms with Crippen molar-refractivity contribution in [2.24, 2.45) is 22.7 Å². The van der Waals surface area contributed by atoms with Gasteiger partial charge in [-0.3, -0.25) is 0 Å². The highest BCUT2D eigenvalue weighted by Crippen LogP contribution is 2.66. The van der Waals surface area contributed by atoms with Gasteiger partial charge in [0.2, 0.25) is 0 Å². The van der Waals surface area contributed by atoms with Crippen LogP contribution in [-0.2, 0) is 0 Å². The fraction of sp³-hybridized carbons (Fsp3) is 1.00. The van der Waals surface area contributed by atoms with E-state index in [1.165, 1.54) is 37.2 Å². The Balaban J connectivity index is 2.04. The molecule has 0 aromatic heterocycles. The molecule has 0 aromatic rings. The lowest BCUT2D eigenvalue weighted by Crippen LogP contribution is -2.53. The zero-order chi connectivity index (χ0) is 11.1. The van der Waals surface area contributed by atoms with E-state index < -0.39 is 0 Å². The molecular weight excluding hydrogens is 200 g/mol. The van der Waals surface area contributed by atoms with Crippen molar-refractivity contribution in [2.75, 3.05) is 11.5 Å². The van der Waals surface area contributed by atoms with Crippen LogP contribution in [0.25, 0.3) is 0 Å². The molecule has 15 heavy (non-hydrogen) atoms. The molecule has 0 nitrogen and oxygen atoms in total. The Bertz CT molecular complexity index is 205. The summed E-state index contributed by atoms with van der Waals surface area (Å²) in [4.78, 5) is 0. The lowest BCUT2D eigenvalue weighted by Gasteiger charge is -2.62. The summed E-state index contributed by atoms with van der Waals surface area (Å²) in [5, 5.41) is 0. The highest BCUT2D eigenvalue weighted by atomic mass is 32.2. The second-order valence-corrected chi connectivity index (χ2v) is 7.73. The van der Waals surface area contributed by atoms with E-state index >= 15 is 0 Å². The maximum absolute atomic E-state index is 2.43. The summed E-state index contributed by atoms with van der Waals surface area (Å²) >= 11 is 2.16. The Hall–Kier alpha value is 0.350. The van der Waals surface area contributed by atoms with E-state index in [0.29, 0.717) is 5.41 Å². The van der Waals surface area contributed by atoms with Crippen LogP contribution in [0.3, 0.4) is 0 Å².